The number of allylic oxidation sites excluding steroid dienone is 1. The van der Waals surface area contributed by atoms with Gasteiger partial charge in [-0.1, -0.05) is 41.4 Å². The number of thiazole rings is 1. The van der Waals surface area contributed by atoms with Gasteiger partial charge in [-0.05, 0) is 37.3 Å². The summed E-state index contributed by atoms with van der Waals surface area (Å²) < 4.78 is 16.1. The van der Waals surface area contributed by atoms with Gasteiger partial charge in [-0.25, -0.2) is 4.98 Å². The number of nitrogens with one attached hydrogen (secondary N) is 1. The number of nitriles is 1. The predicted molar refractivity (Wildman–Crippen MR) is 150 cm³/mol. The number of hydrogen-bond acceptors (Lipinski definition) is 8. The van der Waals surface area contributed by atoms with Crippen LogP contribution in [-0.4, -0.2) is 32.1 Å². The van der Waals surface area contributed by atoms with Crippen molar-refractivity contribution in [2.24, 2.45) is 0 Å². The van der Waals surface area contributed by atoms with Gasteiger partial charge in [0.15, 0.2) is 17.3 Å². The molecule has 0 saturated carbocycles. The summed E-state index contributed by atoms with van der Waals surface area (Å²) in [7, 11) is 4.45. The summed E-state index contributed by atoms with van der Waals surface area (Å²) >= 11 is 7.61. The van der Waals surface area contributed by atoms with Crippen molar-refractivity contribution < 1.29 is 19.0 Å². The minimum Gasteiger partial charge on any atom is -0.493 e. The number of carbonyl (C=O) groups is 1. The van der Waals surface area contributed by atoms with Gasteiger partial charge in [-0.3, -0.25) is 4.79 Å². The highest BCUT2D eigenvalue weighted by Gasteiger charge is 2.20. The molecule has 0 spiro atoms. The molecule has 0 radical (unpaired) electrons. The molecule has 0 aliphatic carbocycles. The Labute approximate surface area is 229 Å². The number of anilines is 1. The van der Waals surface area contributed by atoms with Crippen LogP contribution in [0.5, 0.6) is 17.2 Å². The average Bonchev–Trinajstić information content (AvgIpc) is 3.43. The highest BCUT2D eigenvalue weighted by molar-refractivity contribution is 7.11. The fraction of sp³-hybridized carbons (Fsp3) is 0.138. The lowest BCUT2D eigenvalue weighted by molar-refractivity contribution is 0.103. The largest absolute Gasteiger partial charge is 0.493 e. The number of aromatic nitrogens is 1. The van der Waals surface area contributed by atoms with E-state index in [4.69, 9.17) is 25.8 Å². The topological polar surface area (TPSA) is 93.5 Å². The number of aryl methyl sites for hydroxylation is 1. The van der Waals surface area contributed by atoms with Gasteiger partial charge in [-0.2, -0.15) is 5.26 Å². The van der Waals surface area contributed by atoms with Gasteiger partial charge in [0.05, 0.1) is 27.0 Å². The Morgan fingerprint density at radius 3 is 2.32 bits per heavy atom. The highest BCUT2D eigenvalue weighted by Crippen LogP contribution is 2.39. The molecule has 0 bridgehead atoms. The molecule has 0 atom stereocenters. The zero-order valence-corrected chi connectivity index (χ0v) is 22.7. The molecule has 9 heteroatoms. The number of ketones is 1. The first-order valence-corrected chi connectivity index (χ1v) is 12.7. The Morgan fingerprint density at radius 2 is 1.71 bits per heavy atom. The lowest BCUT2D eigenvalue weighted by Crippen LogP contribution is -2.07. The van der Waals surface area contributed by atoms with Crippen LogP contribution in [0.15, 0.2) is 66.2 Å². The van der Waals surface area contributed by atoms with E-state index in [1.807, 2.05) is 36.6 Å². The Bertz CT molecular complexity index is 1530. The van der Waals surface area contributed by atoms with Gasteiger partial charge < -0.3 is 19.5 Å². The summed E-state index contributed by atoms with van der Waals surface area (Å²) in [5, 5.41) is 15.8. The van der Waals surface area contributed by atoms with Crippen LogP contribution in [0.2, 0.25) is 5.02 Å². The maximum Gasteiger partial charge on any atom is 0.203 e. The van der Waals surface area contributed by atoms with E-state index in [9.17, 15) is 10.1 Å². The molecule has 0 fully saturated rings. The summed E-state index contributed by atoms with van der Waals surface area (Å²) in [5.41, 5.74) is 4.34. The van der Waals surface area contributed by atoms with Crippen molar-refractivity contribution in [1.29, 1.82) is 5.26 Å². The molecule has 1 N–H and O–H groups in total. The smallest absolute Gasteiger partial charge is 0.203 e. The zero-order valence-electron chi connectivity index (χ0n) is 21.2. The third-order valence-electron chi connectivity index (χ3n) is 5.73. The van der Waals surface area contributed by atoms with Crippen LogP contribution in [0.1, 0.15) is 26.5 Å². The minimum atomic E-state index is -0.322. The number of ether oxygens (including phenoxy) is 3. The molecular formula is C29H24ClN3O4S. The number of hydrogen-bond donors (Lipinski definition) is 1. The number of carbonyl (C=O) groups excluding carboxylic acids is 1. The van der Waals surface area contributed by atoms with Crippen molar-refractivity contribution in [2.45, 2.75) is 6.92 Å². The molecule has 4 rings (SSSR count). The quantitative estimate of drug-likeness (QED) is 0.179. The van der Waals surface area contributed by atoms with Crippen molar-refractivity contribution in [1.82, 2.24) is 4.98 Å². The van der Waals surface area contributed by atoms with Crippen molar-refractivity contribution in [2.75, 3.05) is 26.6 Å². The summed E-state index contributed by atoms with van der Waals surface area (Å²) in [6.45, 7) is 2.02. The standard InChI is InChI=1S/C29H24ClN3O4S/c1-17-5-7-18(8-6-17)24-16-38-29(33-24)20(14-31)15-32-23-10-9-21(30)13-22(23)27(34)19-11-25(35-2)28(37-4)26(12-19)36-3/h5-13,15-16,32H,1-4H3. The first-order chi connectivity index (χ1) is 18.4. The molecule has 0 aliphatic heterocycles. The van der Waals surface area contributed by atoms with Gasteiger partial charge in [0.25, 0.3) is 0 Å². The van der Waals surface area contributed by atoms with Crippen molar-refractivity contribution in [3.63, 3.8) is 0 Å². The fourth-order valence-electron chi connectivity index (χ4n) is 3.74. The molecule has 1 heterocycles. The molecule has 7 nitrogen and oxygen atoms in total. The van der Waals surface area contributed by atoms with E-state index >= 15 is 0 Å². The summed E-state index contributed by atoms with van der Waals surface area (Å²) in [6, 6.07) is 18.3. The molecule has 0 aliphatic rings. The number of benzene rings is 3. The number of methoxy groups -OCH3 is 3. The van der Waals surface area contributed by atoms with E-state index < -0.39 is 0 Å². The van der Waals surface area contributed by atoms with Crippen molar-refractivity contribution in [3.8, 4) is 34.6 Å². The van der Waals surface area contributed by atoms with Crippen LogP contribution in [0, 0.1) is 18.3 Å². The Kier molecular flexibility index (Phi) is 8.31. The monoisotopic (exact) mass is 545 g/mol. The second kappa shape index (κ2) is 11.8. The first kappa shape index (κ1) is 26.7. The molecule has 192 valence electrons. The van der Waals surface area contributed by atoms with Crippen molar-refractivity contribution >= 4 is 40.0 Å². The van der Waals surface area contributed by atoms with Gasteiger partial charge in [0.1, 0.15) is 16.6 Å². The summed E-state index contributed by atoms with van der Waals surface area (Å²) in [4.78, 5) is 18.2. The van der Waals surface area contributed by atoms with Crippen LogP contribution in [0.25, 0.3) is 16.8 Å². The van der Waals surface area contributed by atoms with E-state index in [2.05, 4.69) is 16.4 Å². The van der Waals surface area contributed by atoms with Crippen LogP contribution in [-0.2, 0) is 0 Å². The lowest BCUT2D eigenvalue weighted by Gasteiger charge is -2.15. The summed E-state index contributed by atoms with van der Waals surface area (Å²) in [5.74, 6) is 0.765. The Hall–Kier alpha value is -4.32. The SMILES string of the molecule is COc1cc(C(=O)c2cc(Cl)ccc2NC=C(C#N)c2nc(-c3ccc(C)cc3)cs2)cc(OC)c1OC. The van der Waals surface area contributed by atoms with E-state index in [-0.39, 0.29) is 5.78 Å². The number of nitrogens with zero attached hydrogens (tertiary/aromatic N) is 2. The molecule has 0 saturated heterocycles. The molecule has 38 heavy (non-hydrogen) atoms. The normalized spacial score (nSPS) is 11.0. The third-order valence-corrected chi connectivity index (χ3v) is 6.84. The fourth-order valence-corrected chi connectivity index (χ4v) is 4.71. The zero-order chi connectivity index (χ0) is 27.2. The Balaban J connectivity index is 1.66. The Morgan fingerprint density at radius 1 is 1.03 bits per heavy atom. The second-order valence-electron chi connectivity index (χ2n) is 8.15. The lowest BCUT2D eigenvalue weighted by atomic mass is 10.0. The van der Waals surface area contributed by atoms with E-state index in [0.717, 1.165) is 16.8 Å². The van der Waals surface area contributed by atoms with Crippen molar-refractivity contribution in [3.05, 3.63) is 92.9 Å². The molecule has 1 aromatic heterocycles. The molecular weight excluding hydrogens is 522 g/mol. The van der Waals surface area contributed by atoms with Crippen LogP contribution in [0.3, 0.4) is 0 Å². The van der Waals surface area contributed by atoms with E-state index in [1.54, 1.807) is 30.3 Å². The molecule has 3 aromatic carbocycles. The third kappa shape index (κ3) is 5.65. The van der Waals surface area contributed by atoms with Gasteiger partial charge in [-0.15, -0.1) is 11.3 Å². The van der Waals surface area contributed by atoms with Gasteiger partial charge in [0, 0.05) is 39.0 Å². The predicted octanol–water partition coefficient (Wildman–Crippen LogP) is 7.01. The summed E-state index contributed by atoms with van der Waals surface area (Å²) in [6.07, 6.45) is 1.53. The minimum absolute atomic E-state index is 0.305. The maximum absolute atomic E-state index is 13.6. The molecule has 0 amide bonds. The number of rotatable bonds is 9. The second-order valence-corrected chi connectivity index (χ2v) is 9.45. The highest BCUT2D eigenvalue weighted by atomic mass is 35.5. The average molecular weight is 546 g/mol. The van der Waals surface area contributed by atoms with Crippen LogP contribution >= 0.6 is 22.9 Å². The van der Waals surface area contributed by atoms with Crippen LogP contribution in [0.4, 0.5) is 5.69 Å². The first-order valence-electron chi connectivity index (χ1n) is 11.4. The van der Waals surface area contributed by atoms with Crippen LogP contribution < -0.4 is 19.5 Å². The van der Waals surface area contributed by atoms with Gasteiger partial charge >= 0.3 is 0 Å². The van der Waals surface area contributed by atoms with E-state index in [1.165, 1.54) is 38.9 Å². The maximum atomic E-state index is 13.6. The molecule has 4 aromatic rings. The van der Waals surface area contributed by atoms with Gasteiger partial charge in [0.2, 0.25) is 5.75 Å². The molecule has 0 unspecified atom stereocenters. The van der Waals surface area contributed by atoms with E-state index in [0.29, 0.717) is 49.7 Å². The number of halogens is 1.